The number of carbonyl (C=O) groups is 2. The molecule has 0 saturated carbocycles. The number of likely N-dealkylation sites (N-methyl/N-ethyl adjacent to an activating group) is 1. The number of hydrogen-bond acceptors (Lipinski definition) is 6. The van der Waals surface area contributed by atoms with Gasteiger partial charge in [0.1, 0.15) is 11.5 Å². The van der Waals surface area contributed by atoms with Crippen LogP contribution in [0.1, 0.15) is 30.3 Å². The van der Waals surface area contributed by atoms with Crippen molar-refractivity contribution in [2.75, 3.05) is 33.3 Å². The molecule has 6 nitrogen and oxygen atoms in total. The Labute approximate surface area is 175 Å². The number of likely N-dealkylation sites (tertiary alicyclic amines) is 1. The smallest absolute Gasteiger partial charge is 0.295 e. The van der Waals surface area contributed by atoms with Crippen LogP contribution >= 0.6 is 11.3 Å². The molecule has 1 fully saturated rings. The molecule has 0 spiro atoms. The van der Waals surface area contributed by atoms with Crippen molar-refractivity contribution in [1.29, 1.82) is 0 Å². The van der Waals surface area contributed by atoms with Crippen LogP contribution in [0.2, 0.25) is 0 Å². The van der Waals surface area contributed by atoms with E-state index in [1.54, 1.807) is 29.2 Å². The van der Waals surface area contributed by atoms with Gasteiger partial charge in [0.2, 0.25) is 0 Å². The van der Waals surface area contributed by atoms with Crippen LogP contribution < -0.4 is 4.74 Å². The molecule has 0 radical (unpaired) electrons. The Bertz CT molecular complexity index is 903. The first kappa shape index (κ1) is 21.1. The minimum Gasteiger partial charge on any atom is -0.507 e. The second-order valence-electron chi connectivity index (χ2n) is 6.77. The molecule has 1 aliphatic rings. The van der Waals surface area contributed by atoms with Gasteiger partial charge in [0.05, 0.1) is 18.7 Å². The first-order valence-corrected chi connectivity index (χ1v) is 10.6. The molecular formula is C22H26N2O4S. The van der Waals surface area contributed by atoms with Gasteiger partial charge in [0.15, 0.2) is 0 Å². The van der Waals surface area contributed by atoms with E-state index < -0.39 is 17.7 Å². The third-order valence-corrected chi connectivity index (χ3v) is 6.17. The van der Waals surface area contributed by atoms with Crippen LogP contribution in [0.3, 0.4) is 0 Å². The summed E-state index contributed by atoms with van der Waals surface area (Å²) in [7, 11) is 1.54. The van der Waals surface area contributed by atoms with Crippen LogP contribution in [0, 0.1) is 0 Å². The molecule has 2 aromatic rings. The molecule has 154 valence electrons. The second-order valence-corrected chi connectivity index (χ2v) is 7.75. The van der Waals surface area contributed by atoms with Gasteiger partial charge in [0, 0.05) is 23.5 Å². The van der Waals surface area contributed by atoms with Crippen LogP contribution in [0.25, 0.3) is 5.76 Å². The largest absolute Gasteiger partial charge is 0.507 e. The fourth-order valence-electron chi connectivity index (χ4n) is 3.57. The molecule has 0 bridgehead atoms. The Morgan fingerprint density at radius 2 is 1.97 bits per heavy atom. The highest BCUT2D eigenvalue weighted by molar-refractivity contribution is 7.10. The zero-order chi connectivity index (χ0) is 21.0. The van der Waals surface area contributed by atoms with Crippen molar-refractivity contribution in [2.45, 2.75) is 19.9 Å². The standard InChI is InChI=1S/C22H26N2O4S/c1-4-23(5-2)11-12-24-19(17-10-7-13-29-17)18(21(26)22(24)27)20(25)15-8-6-9-16(14-15)28-3/h6-10,13-14,19,25H,4-5,11-12H2,1-3H3/b20-18-. The third kappa shape index (κ3) is 4.21. The summed E-state index contributed by atoms with van der Waals surface area (Å²) >= 11 is 1.47. The van der Waals surface area contributed by atoms with Gasteiger partial charge in [-0.3, -0.25) is 9.59 Å². The lowest BCUT2D eigenvalue weighted by molar-refractivity contribution is -0.140. The predicted molar refractivity (Wildman–Crippen MR) is 114 cm³/mol. The monoisotopic (exact) mass is 414 g/mol. The number of methoxy groups -OCH3 is 1. The van der Waals surface area contributed by atoms with Gasteiger partial charge < -0.3 is 19.6 Å². The lowest BCUT2D eigenvalue weighted by Gasteiger charge is -2.27. The highest BCUT2D eigenvalue weighted by Gasteiger charge is 2.46. The fraction of sp³-hybridized carbons (Fsp3) is 0.364. The van der Waals surface area contributed by atoms with Gasteiger partial charge in [-0.25, -0.2) is 0 Å². The second kappa shape index (κ2) is 9.24. The molecule has 2 heterocycles. The molecule has 3 rings (SSSR count). The molecule has 1 amide bonds. The van der Waals surface area contributed by atoms with E-state index in [0.29, 0.717) is 24.4 Å². The minimum absolute atomic E-state index is 0.130. The maximum Gasteiger partial charge on any atom is 0.295 e. The first-order chi connectivity index (χ1) is 14.0. The molecule has 0 aliphatic carbocycles. The van der Waals surface area contributed by atoms with Crippen molar-refractivity contribution in [1.82, 2.24) is 9.80 Å². The van der Waals surface area contributed by atoms with Crippen LogP contribution in [0.4, 0.5) is 0 Å². The zero-order valence-corrected chi connectivity index (χ0v) is 17.7. The number of aliphatic hydroxyl groups excluding tert-OH is 1. The third-order valence-electron chi connectivity index (χ3n) is 5.25. The van der Waals surface area contributed by atoms with Crippen molar-refractivity contribution in [3.63, 3.8) is 0 Å². The van der Waals surface area contributed by atoms with Crippen molar-refractivity contribution in [3.8, 4) is 5.75 Å². The van der Waals surface area contributed by atoms with E-state index in [0.717, 1.165) is 18.0 Å². The highest BCUT2D eigenvalue weighted by Crippen LogP contribution is 2.41. The average molecular weight is 415 g/mol. The van der Waals surface area contributed by atoms with E-state index >= 15 is 0 Å². The Balaban J connectivity index is 2.05. The molecule has 7 heteroatoms. The van der Waals surface area contributed by atoms with Gasteiger partial charge in [0.25, 0.3) is 11.7 Å². The molecule has 1 atom stereocenters. The molecular weight excluding hydrogens is 388 g/mol. The van der Waals surface area contributed by atoms with Crippen molar-refractivity contribution >= 4 is 28.8 Å². The summed E-state index contributed by atoms with van der Waals surface area (Å²) in [6.45, 7) is 6.96. The van der Waals surface area contributed by atoms with Crippen LogP contribution in [0.15, 0.2) is 47.4 Å². The lowest BCUT2D eigenvalue weighted by Crippen LogP contribution is -2.37. The highest BCUT2D eigenvalue weighted by atomic mass is 32.1. The Kier molecular flexibility index (Phi) is 6.71. The average Bonchev–Trinajstić information content (AvgIpc) is 3.36. The number of hydrogen-bond donors (Lipinski definition) is 1. The molecule has 29 heavy (non-hydrogen) atoms. The SMILES string of the molecule is CCN(CC)CCN1C(=O)C(=O)/C(=C(\O)c2cccc(OC)c2)C1c1cccs1. The number of carbonyl (C=O) groups excluding carboxylic acids is 2. The van der Waals surface area contributed by atoms with Crippen LogP contribution in [-0.4, -0.2) is 59.9 Å². The summed E-state index contributed by atoms with van der Waals surface area (Å²) in [5, 5.41) is 12.9. The van der Waals surface area contributed by atoms with E-state index in [2.05, 4.69) is 18.7 Å². The number of rotatable bonds is 8. The molecule has 1 aromatic heterocycles. The van der Waals surface area contributed by atoms with E-state index in [-0.39, 0.29) is 11.3 Å². The maximum absolute atomic E-state index is 12.9. The van der Waals surface area contributed by atoms with Gasteiger partial charge in [-0.15, -0.1) is 11.3 Å². The summed E-state index contributed by atoms with van der Waals surface area (Å²) in [4.78, 5) is 30.4. The van der Waals surface area contributed by atoms with Gasteiger partial charge in [-0.1, -0.05) is 32.0 Å². The van der Waals surface area contributed by atoms with Gasteiger partial charge in [-0.2, -0.15) is 0 Å². The van der Waals surface area contributed by atoms with E-state index in [1.165, 1.54) is 18.4 Å². The predicted octanol–water partition coefficient (Wildman–Crippen LogP) is 3.52. The quantitative estimate of drug-likeness (QED) is 0.407. The number of benzene rings is 1. The van der Waals surface area contributed by atoms with Crippen molar-refractivity contribution < 1.29 is 19.4 Å². The lowest BCUT2D eigenvalue weighted by atomic mass is 10.00. The summed E-state index contributed by atoms with van der Waals surface area (Å²) in [6, 6.07) is 10.1. The zero-order valence-electron chi connectivity index (χ0n) is 16.9. The Hall–Kier alpha value is -2.64. The first-order valence-electron chi connectivity index (χ1n) is 9.70. The van der Waals surface area contributed by atoms with E-state index in [4.69, 9.17) is 4.74 Å². The number of thiophene rings is 1. The Morgan fingerprint density at radius 3 is 2.59 bits per heavy atom. The normalized spacial score (nSPS) is 18.6. The molecule has 1 saturated heterocycles. The topological polar surface area (TPSA) is 70.1 Å². The maximum atomic E-state index is 12.9. The summed E-state index contributed by atoms with van der Waals surface area (Å²) < 4.78 is 5.23. The van der Waals surface area contributed by atoms with E-state index in [1.807, 2.05) is 17.5 Å². The number of Topliss-reactive ketones (excluding diaryl/α,β-unsaturated/α-hetero) is 1. The number of nitrogens with zero attached hydrogens (tertiary/aromatic N) is 2. The molecule has 1 unspecified atom stereocenters. The van der Waals surface area contributed by atoms with Crippen LogP contribution in [-0.2, 0) is 9.59 Å². The summed E-state index contributed by atoms with van der Waals surface area (Å²) in [5.74, 6) is -0.827. The molecule has 1 N–H and O–H groups in total. The fourth-order valence-corrected chi connectivity index (χ4v) is 4.41. The van der Waals surface area contributed by atoms with Gasteiger partial charge >= 0.3 is 0 Å². The number of ketones is 1. The van der Waals surface area contributed by atoms with Crippen LogP contribution in [0.5, 0.6) is 5.75 Å². The summed E-state index contributed by atoms with van der Waals surface area (Å²) in [6.07, 6.45) is 0. The summed E-state index contributed by atoms with van der Waals surface area (Å²) in [5.41, 5.74) is 0.581. The Morgan fingerprint density at radius 1 is 1.21 bits per heavy atom. The van der Waals surface area contributed by atoms with Crippen molar-refractivity contribution in [2.24, 2.45) is 0 Å². The number of aliphatic hydroxyl groups is 1. The van der Waals surface area contributed by atoms with Gasteiger partial charge in [-0.05, 0) is 36.7 Å². The van der Waals surface area contributed by atoms with E-state index in [9.17, 15) is 14.7 Å². The minimum atomic E-state index is -0.650. The molecule has 1 aromatic carbocycles. The number of amides is 1. The van der Waals surface area contributed by atoms with Crippen molar-refractivity contribution in [3.05, 3.63) is 57.8 Å². The molecule has 1 aliphatic heterocycles. The number of ether oxygens (including phenoxy) is 1.